The van der Waals surface area contributed by atoms with Crippen LogP contribution in [0.4, 0.5) is 0 Å². The molecule has 2 nitrogen and oxygen atoms in total. The summed E-state index contributed by atoms with van der Waals surface area (Å²) in [6.45, 7) is 7.16. The number of hydrogen-bond donors (Lipinski definition) is 0. The van der Waals surface area contributed by atoms with E-state index in [0.29, 0.717) is 0 Å². The second kappa shape index (κ2) is 5.65. The summed E-state index contributed by atoms with van der Waals surface area (Å²) < 4.78 is 0. The van der Waals surface area contributed by atoms with E-state index in [1.807, 2.05) is 30.3 Å². The zero-order valence-corrected chi connectivity index (χ0v) is 7.93. The van der Waals surface area contributed by atoms with Crippen LogP contribution in [-0.2, 0) is 0 Å². The second-order valence-corrected chi connectivity index (χ2v) is 2.53. The van der Waals surface area contributed by atoms with E-state index in [4.69, 9.17) is 0 Å². The molecule has 2 heteroatoms. The summed E-state index contributed by atoms with van der Waals surface area (Å²) in [6, 6.07) is 9.82. The lowest BCUT2D eigenvalue weighted by atomic mass is 10.1. The number of rotatable bonds is 4. The summed E-state index contributed by atoms with van der Waals surface area (Å²) in [5.41, 5.74) is 1.83. The Morgan fingerprint density at radius 2 is 1.86 bits per heavy atom. The van der Waals surface area contributed by atoms with E-state index in [0.717, 1.165) is 11.3 Å². The molecule has 0 amide bonds. The molecule has 1 aromatic rings. The van der Waals surface area contributed by atoms with Crippen LogP contribution in [0, 0.1) is 0 Å². The van der Waals surface area contributed by atoms with Crippen LogP contribution in [0.15, 0.2) is 65.8 Å². The average Bonchev–Trinajstić information content (AvgIpc) is 2.26. The molecule has 0 heterocycles. The first-order valence-electron chi connectivity index (χ1n) is 4.26. The van der Waals surface area contributed by atoms with Gasteiger partial charge in [-0.3, -0.25) is 0 Å². The fraction of sp³-hybridized carbons (Fsp3) is 0. The predicted octanol–water partition coefficient (Wildman–Crippen LogP) is 2.83. The Morgan fingerprint density at radius 3 is 2.43 bits per heavy atom. The van der Waals surface area contributed by atoms with Gasteiger partial charge in [0.1, 0.15) is 6.34 Å². The quantitative estimate of drug-likeness (QED) is 0.508. The summed E-state index contributed by atoms with van der Waals surface area (Å²) in [6.07, 6.45) is 4.59. The van der Waals surface area contributed by atoms with Crippen LogP contribution in [0.5, 0.6) is 0 Å². The Balaban J connectivity index is 2.93. The van der Waals surface area contributed by atoms with Crippen LogP contribution in [0.2, 0.25) is 0 Å². The van der Waals surface area contributed by atoms with Crippen LogP contribution >= 0.6 is 0 Å². The van der Waals surface area contributed by atoms with Crippen LogP contribution in [-0.4, -0.2) is 12.1 Å². The van der Waals surface area contributed by atoms with Crippen molar-refractivity contribution in [1.82, 2.24) is 0 Å². The highest BCUT2D eigenvalue weighted by atomic mass is 14.8. The fourth-order valence-electron chi connectivity index (χ4n) is 0.997. The van der Waals surface area contributed by atoms with Gasteiger partial charge >= 0.3 is 0 Å². The molecule has 0 aromatic heterocycles. The smallest absolute Gasteiger partial charge is 0.115 e. The van der Waals surface area contributed by atoms with E-state index in [9.17, 15) is 0 Å². The molecule has 0 N–H and O–H groups in total. The molecular weight excluding hydrogens is 172 g/mol. The number of allylic oxidation sites excluding steroid dienone is 1. The second-order valence-electron chi connectivity index (χ2n) is 2.53. The maximum atomic E-state index is 4.14. The Kier molecular flexibility index (Phi) is 4.08. The predicted molar refractivity (Wildman–Crippen MR) is 61.9 cm³/mol. The highest BCUT2D eigenvalue weighted by molar-refractivity contribution is 6.11. The molecule has 1 rings (SSSR count). The lowest BCUT2D eigenvalue weighted by Gasteiger charge is -1.97. The van der Waals surface area contributed by atoms with Crippen molar-refractivity contribution in [2.75, 3.05) is 0 Å². The van der Waals surface area contributed by atoms with Gasteiger partial charge in [-0.15, -0.1) is 0 Å². The van der Waals surface area contributed by atoms with Gasteiger partial charge in [-0.05, 0) is 6.08 Å². The van der Waals surface area contributed by atoms with Gasteiger partial charge in [-0.2, -0.15) is 0 Å². The van der Waals surface area contributed by atoms with Crippen molar-refractivity contribution < 1.29 is 0 Å². The SMILES string of the molecule is C=CN=CN=C(C=C)c1ccccc1. The summed E-state index contributed by atoms with van der Waals surface area (Å²) in [5.74, 6) is 0. The van der Waals surface area contributed by atoms with Crippen molar-refractivity contribution in [1.29, 1.82) is 0 Å². The normalized spacial score (nSPS) is 11.6. The lowest BCUT2D eigenvalue weighted by Crippen LogP contribution is -1.95. The van der Waals surface area contributed by atoms with Gasteiger partial charge in [0, 0.05) is 11.8 Å². The number of nitrogens with zero attached hydrogens (tertiary/aromatic N) is 2. The Bertz CT molecular complexity index is 361. The number of aliphatic imine (C=N–C) groups is 2. The third-order valence-electron chi connectivity index (χ3n) is 1.63. The zero-order chi connectivity index (χ0) is 10.2. The molecule has 0 atom stereocenters. The molecule has 0 aliphatic carbocycles. The Hall–Kier alpha value is -1.96. The lowest BCUT2D eigenvalue weighted by molar-refractivity contribution is 1.55. The van der Waals surface area contributed by atoms with Crippen LogP contribution in [0.1, 0.15) is 5.56 Å². The summed E-state index contributed by atoms with van der Waals surface area (Å²) in [5, 5.41) is 0. The molecule has 0 bridgehead atoms. The Morgan fingerprint density at radius 1 is 1.14 bits per heavy atom. The minimum atomic E-state index is 0.802. The molecule has 0 fully saturated rings. The third kappa shape index (κ3) is 2.83. The maximum absolute atomic E-state index is 4.14. The van der Waals surface area contributed by atoms with E-state index in [-0.39, 0.29) is 0 Å². The molecule has 14 heavy (non-hydrogen) atoms. The number of hydrogen-bond acceptors (Lipinski definition) is 1. The average molecular weight is 184 g/mol. The molecular formula is C12H12N2. The summed E-state index contributed by atoms with van der Waals surface area (Å²) >= 11 is 0. The van der Waals surface area contributed by atoms with E-state index < -0.39 is 0 Å². The molecule has 1 aromatic carbocycles. The van der Waals surface area contributed by atoms with Crippen LogP contribution < -0.4 is 0 Å². The fourth-order valence-corrected chi connectivity index (χ4v) is 0.997. The van der Waals surface area contributed by atoms with Gasteiger partial charge in [-0.1, -0.05) is 43.5 Å². The summed E-state index contributed by atoms with van der Waals surface area (Å²) in [7, 11) is 0. The van der Waals surface area contributed by atoms with Crippen molar-refractivity contribution >= 4 is 12.1 Å². The van der Waals surface area contributed by atoms with E-state index in [1.165, 1.54) is 12.5 Å². The van der Waals surface area contributed by atoms with Crippen LogP contribution in [0.25, 0.3) is 0 Å². The van der Waals surface area contributed by atoms with Crippen molar-refractivity contribution in [2.24, 2.45) is 9.98 Å². The van der Waals surface area contributed by atoms with Gasteiger partial charge in [0.05, 0.1) is 5.71 Å². The van der Waals surface area contributed by atoms with E-state index >= 15 is 0 Å². The van der Waals surface area contributed by atoms with Gasteiger partial charge < -0.3 is 0 Å². The highest BCUT2D eigenvalue weighted by Gasteiger charge is 1.94. The first-order chi connectivity index (χ1) is 6.88. The molecule has 0 aliphatic heterocycles. The van der Waals surface area contributed by atoms with Crippen LogP contribution in [0.3, 0.4) is 0 Å². The molecule has 0 unspecified atom stereocenters. The first-order valence-corrected chi connectivity index (χ1v) is 4.26. The van der Waals surface area contributed by atoms with Crippen molar-refractivity contribution in [3.05, 3.63) is 61.3 Å². The van der Waals surface area contributed by atoms with Gasteiger partial charge in [-0.25, -0.2) is 9.98 Å². The minimum Gasteiger partial charge on any atom is -0.245 e. The van der Waals surface area contributed by atoms with Crippen molar-refractivity contribution in [3.63, 3.8) is 0 Å². The molecule has 70 valence electrons. The molecule has 0 saturated heterocycles. The van der Waals surface area contributed by atoms with Gasteiger partial charge in [0.25, 0.3) is 0 Å². The largest absolute Gasteiger partial charge is 0.245 e. The first kappa shape index (κ1) is 10.1. The Labute approximate surface area is 84.0 Å². The van der Waals surface area contributed by atoms with Crippen molar-refractivity contribution in [3.8, 4) is 0 Å². The number of benzene rings is 1. The monoisotopic (exact) mass is 184 g/mol. The highest BCUT2D eigenvalue weighted by Crippen LogP contribution is 2.01. The molecule has 0 aliphatic rings. The summed E-state index contributed by atoms with van der Waals surface area (Å²) in [4.78, 5) is 7.93. The molecule has 0 saturated carbocycles. The third-order valence-corrected chi connectivity index (χ3v) is 1.63. The molecule has 0 radical (unpaired) electrons. The molecule has 0 spiro atoms. The van der Waals surface area contributed by atoms with Crippen molar-refractivity contribution in [2.45, 2.75) is 0 Å². The minimum absolute atomic E-state index is 0.802. The standard InChI is InChI=1S/C12H12N2/c1-3-12(14-10-13-4-2)11-8-6-5-7-9-11/h3-10H,1-2H2. The topological polar surface area (TPSA) is 24.7 Å². The van der Waals surface area contributed by atoms with E-state index in [1.54, 1.807) is 6.08 Å². The zero-order valence-electron chi connectivity index (χ0n) is 7.93. The maximum Gasteiger partial charge on any atom is 0.115 e. The van der Waals surface area contributed by atoms with E-state index in [2.05, 4.69) is 23.1 Å². The van der Waals surface area contributed by atoms with Gasteiger partial charge in [0.15, 0.2) is 0 Å². The van der Waals surface area contributed by atoms with Gasteiger partial charge in [0.2, 0.25) is 0 Å².